The molecule has 1 nitrogen and oxygen atoms in total. The minimum Gasteiger partial charge on any atom is -0.494 e. The van der Waals surface area contributed by atoms with Crippen LogP contribution in [-0.4, -0.2) is 6.61 Å². The average molecular weight is 665 g/mol. The van der Waals surface area contributed by atoms with Crippen LogP contribution in [0.4, 0.5) is 8.78 Å². The molecule has 4 aromatic carbocycles. The maximum atomic E-state index is 15.3. The van der Waals surface area contributed by atoms with E-state index < -0.39 is 0 Å². The molecular formula is C46H58F2O. The van der Waals surface area contributed by atoms with Crippen LogP contribution in [0.5, 0.6) is 5.75 Å². The first kappa shape index (κ1) is 38.1. The van der Waals surface area contributed by atoms with Crippen molar-refractivity contribution in [3.63, 3.8) is 0 Å². The monoisotopic (exact) mass is 664 g/mol. The first-order chi connectivity index (χ1) is 24.1. The Bertz CT molecular complexity index is 1520. The van der Waals surface area contributed by atoms with E-state index in [9.17, 15) is 4.39 Å². The molecule has 0 atom stereocenters. The molecule has 0 aromatic heterocycles. The summed E-state index contributed by atoms with van der Waals surface area (Å²) in [5.41, 5.74) is 5.63. The molecule has 0 saturated heterocycles. The highest BCUT2D eigenvalue weighted by atomic mass is 19.1. The van der Waals surface area contributed by atoms with Gasteiger partial charge in [0.1, 0.15) is 17.4 Å². The van der Waals surface area contributed by atoms with Gasteiger partial charge in [0.05, 0.1) is 6.61 Å². The van der Waals surface area contributed by atoms with Crippen LogP contribution >= 0.6 is 0 Å². The number of aryl methyl sites for hydroxylation is 1. The highest BCUT2D eigenvalue weighted by Gasteiger charge is 2.11. The van der Waals surface area contributed by atoms with Crippen molar-refractivity contribution in [2.45, 2.75) is 123 Å². The molecule has 49 heavy (non-hydrogen) atoms. The lowest BCUT2D eigenvalue weighted by Gasteiger charge is -2.10. The molecule has 262 valence electrons. The smallest absolute Gasteiger partial charge is 0.131 e. The topological polar surface area (TPSA) is 9.23 Å². The Balaban J connectivity index is 1.22. The van der Waals surface area contributed by atoms with E-state index in [-0.39, 0.29) is 11.6 Å². The Morgan fingerprint density at radius 1 is 0.469 bits per heavy atom. The van der Waals surface area contributed by atoms with Gasteiger partial charge in [-0.3, -0.25) is 0 Å². The lowest BCUT2D eigenvalue weighted by molar-refractivity contribution is 0.304. The molecule has 0 saturated carbocycles. The van der Waals surface area contributed by atoms with Crippen LogP contribution in [0.15, 0.2) is 84.9 Å². The van der Waals surface area contributed by atoms with E-state index in [2.05, 4.69) is 38.1 Å². The Hall–Kier alpha value is -3.72. The molecule has 0 bridgehead atoms. The van der Waals surface area contributed by atoms with E-state index >= 15 is 4.39 Å². The minimum absolute atomic E-state index is 0.242. The molecule has 0 aliphatic rings. The van der Waals surface area contributed by atoms with Crippen molar-refractivity contribution < 1.29 is 13.5 Å². The van der Waals surface area contributed by atoms with Crippen LogP contribution in [-0.2, 0) is 6.42 Å². The summed E-state index contributed by atoms with van der Waals surface area (Å²) in [7, 11) is 0. The predicted molar refractivity (Wildman–Crippen MR) is 207 cm³/mol. The van der Waals surface area contributed by atoms with Gasteiger partial charge in [-0.2, -0.15) is 0 Å². The van der Waals surface area contributed by atoms with Gasteiger partial charge < -0.3 is 4.74 Å². The Kier molecular flexibility index (Phi) is 17.2. The molecule has 0 aliphatic carbocycles. The first-order valence-electron chi connectivity index (χ1n) is 19.2. The fraction of sp³-hybridized carbons (Fsp3) is 0.435. The summed E-state index contributed by atoms with van der Waals surface area (Å²) in [5, 5.41) is 0. The third-order valence-electron chi connectivity index (χ3n) is 9.49. The summed E-state index contributed by atoms with van der Waals surface area (Å²) < 4.78 is 36.2. The summed E-state index contributed by atoms with van der Waals surface area (Å²) in [6.45, 7) is 5.25. The lowest BCUT2D eigenvalue weighted by Crippen LogP contribution is -1.97. The van der Waals surface area contributed by atoms with E-state index in [1.807, 2.05) is 54.6 Å². The summed E-state index contributed by atoms with van der Waals surface area (Å²) >= 11 is 0. The molecule has 3 heteroatoms. The first-order valence-corrected chi connectivity index (χ1v) is 19.2. The number of ether oxygens (including phenoxy) is 1. The standard InChI is InChI=1S/C46H58F2O/c1-3-5-7-9-10-11-12-13-14-15-17-19-40-28-29-42(36-45(40)47)44-33-30-41(35-46(44)48)39-26-22-37(23-27-39)20-21-38-24-31-43(32-25-38)49-34-18-16-8-6-4-2/h20-33,35-36H,3-19,34H2,1-2H3. The maximum Gasteiger partial charge on any atom is 0.131 e. The SMILES string of the molecule is CCCCCCCCCCCCCc1ccc(-c2ccc(-c3ccc(C=Cc4ccc(OCCCCCCC)cc4)cc3)cc2F)cc1F. The summed E-state index contributed by atoms with van der Waals surface area (Å²) in [6, 6.07) is 26.7. The van der Waals surface area contributed by atoms with Crippen molar-refractivity contribution in [3.05, 3.63) is 113 Å². The quantitative estimate of drug-likeness (QED) is 0.0566. The van der Waals surface area contributed by atoms with Crippen LogP contribution in [0, 0.1) is 11.6 Å². The van der Waals surface area contributed by atoms with E-state index in [1.54, 1.807) is 12.1 Å². The van der Waals surface area contributed by atoms with Crippen LogP contribution in [0.25, 0.3) is 34.4 Å². The van der Waals surface area contributed by atoms with Crippen LogP contribution < -0.4 is 4.74 Å². The number of hydrogen-bond acceptors (Lipinski definition) is 1. The maximum absolute atomic E-state index is 15.3. The number of halogens is 2. The van der Waals surface area contributed by atoms with Crippen LogP contribution in [0.2, 0.25) is 0 Å². The highest BCUT2D eigenvalue weighted by Crippen LogP contribution is 2.30. The zero-order valence-electron chi connectivity index (χ0n) is 30.1. The van der Waals surface area contributed by atoms with Gasteiger partial charge in [-0.05, 0) is 76.9 Å². The van der Waals surface area contributed by atoms with Crippen molar-refractivity contribution in [2.75, 3.05) is 6.61 Å². The van der Waals surface area contributed by atoms with Crippen LogP contribution in [0.1, 0.15) is 133 Å². The molecule has 0 aliphatic heterocycles. The molecule has 4 rings (SSSR count). The Morgan fingerprint density at radius 2 is 0.959 bits per heavy atom. The normalized spacial score (nSPS) is 11.4. The number of rotatable bonds is 23. The summed E-state index contributed by atoms with van der Waals surface area (Å²) in [4.78, 5) is 0. The zero-order valence-corrected chi connectivity index (χ0v) is 30.1. The van der Waals surface area contributed by atoms with Gasteiger partial charge in [-0.1, -0.05) is 177 Å². The van der Waals surface area contributed by atoms with Gasteiger partial charge in [0.15, 0.2) is 0 Å². The second-order valence-corrected chi connectivity index (χ2v) is 13.6. The molecule has 0 unspecified atom stereocenters. The van der Waals surface area contributed by atoms with Crippen molar-refractivity contribution in [2.24, 2.45) is 0 Å². The van der Waals surface area contributed by atoms with E-state index in [1.165, 1.54) is 89.5 Å². The number of hydrogen-bond donors (Lipinski definition) is 0. The second-order valence-electron chi connectivity index (χ2n) is 13.6. The number of benzene rings is 4. The molecule has 0 N–H and O–H groups in total. The van der Waals surface area contributed by atoms with Gasteiger partial charge in [0.25, 0.3) is 0 Å². The lowest BCUT2D eigenvalue weighted by atomic mass is 9.97. The second kappa shape index (κ2) is 22.1. The fourth-order valence-electron chi connectivity index (χ4n) is 6.38. The Labute approximate surface area is 295 Å². The minimum atomic E-state index is -0.345. The molecule has 0 radical (unpaired) electrons. The van der Waals surface area contributed by atoms with Crippen molar-refractivity contribution >= 4 is 12.2 Å². The van der Waals surface area contributed by atoms with E-state index in [0.717, 1.165) is 65.9 Å². The fourth-order valence-corrected chi connectivity index (χ4v) is 6.38. The van der Waals surface area contributed by atoms with Crippen molar-refractivity contribution in [3.8, 4) is 28.0 Å². The van der Waals surface area contributed by atoms with Gasteiger partial charge in [-0.15, -0.1) is 0 Å². The molecule has 0 fully saturated rings. The third-order valence-corrected chi connectivity index (χ3v) is 9.49. The van der Waals surface area contributed by atoms with Crippen molar-refractivity contribution in [1.29, 1.82) is 0 Å². The van der Waals surface area contributed by atoms with Crippen LogP contribution in [0.3, 0.4) is 0 Å². The van der Waals surface area contributed by atoms with Gasteiger partial charge in [0.2, 0.25) is 0 Å². The van der Waals surface area contributed by atoms with E-state index in [4.69, 9.17) is 4.74 Å². The largest absolute Gasteiger partial charge is 0.494 e. The average Bonchev–Trinajstić information content (AvgIpc) is 3.12. The molecule has 0 spiro atoms. The molecule has 4 aromatic rings. The number of unbranched alkanes of at least 4 members (excludes halogenated alkanes) is 14. The molecular weight excluding hydrogens is 607 g/mol. The third kappa shape index (κ3) is 13.6. The zero-order chi connectivity index (χ0) is 34.5. The molecule has 0 heterocycles. The van der Waals surface area contributed by atoms with Crippen molar-refractivity contribution in [1.82, 2.24) is 0 Å². The molecule has 0 amide bonds. The highest BCUT2D eigenvalue weighted by molar-refractivity contribution is 5.74. The van der Waals surface area contributed by atoms with Gasteiger partial charge >= 0.3 is 0 Å². The summed E-state index contributed by atoms with van der Waals surface area (Å²) in [5.74, 6) is 0.323. The van der Waals surface area contributed by atoms with E-state index in [0.29, 0.717) is 11.1 Å². The predicted octanol–water partition coefficient (Wildman–Crippen LogP) is 14.7. The van der Waals surface area contributed by atoms with Gasteiger partial charge in [0, 0.05) is 5.56 Å². The van der Waals surface area contributed by atoms with Gasteiger partial charge in [-0.25, -0.2) is 8.78 Å². The Morgan fingerprint density at radius 3 is 1.53 bits per heavy atom. The summed E-state index contributed by atoms with van der Waals surface area (Å²) in [6.07, 6.45) is 25.1.